The summed E-state index contributed by atoms with van der Waals surface area (Å²) in [4.78, 5) is 11.8. The van der Waals surface area contributed by atoms with Crippen LogP contribution in [0.3, 0.4) is 0 Å². The van der Waals surface area contributed by atoms with Crippen LogP contribution in [0.1, 0.15) is 17.5 Å². The van der Waals surface area contributed by atoms with Crippen molar-refractivity contribution >= 4 is 5.97 Å². The van der Waals surface area contributed by atoms with E-state index >= 15 is 0 Å². The molecule has 2 aromatic rings. The lowest BCUT2D eigenvalue weighted by Gasteiger charge is -2.10. The van der Waals surface area contributed by atoms with Crippen LogP contribution in [0.2, 0.25) is 0 Å². The summed E-state index contributed by atoms with van der Waals surface area (Å²) in [5.41, 5.74) is 2.16. The van der Waals surface area contributed by atoms with Gasteiger partial charge in [-0.2, -0.15) is 0 Å². The van der Waals surface area contributed by atoms with Crippen LogP contribution < -0.4 is 4.74 Å². The summed E-state index contributed by atoms with van der Waals surface area (Å²) in [6.45, 7) is 0.319. The van der Waals surface area contributed by atoms with Crippen molar-refractivity contribution in [2.75, 3.05) is 0 Å². The molecule has 0 bridgehead atoms. The van der Waals surface area contributed by atoms with Gasteiger partial charge in [0, 0.05) is 6.42 Å². The van der Waals surface area contributed by atoms with Gasteiger partial charge in [-0.1, -0.05) is 48.5 Å². The van der Waals surface area contributed by atoms with Crippen molar-refractivity contribution in [3.63, 3.8) is 0 Å². The molecule has 1 aliphatic rings. The first-order chi connectivity index (χ1) is 9.81. The predicted molar refractivity (Wildman–Crippen MR) is 75.4 cm³/mol. The Balaban J connectivity index is 1.49. The molecule has 1 heterocycles. The van der Waals surface area contributed by atoms with Gasteiger partial charge in [0.2, 0.25) is 0 Å². The minimum Gasteiger partial charge on any atom is -0.489 e. The van der Waals surface area contributed by atoms with E-state index in [9.17, 15) is 4.79 Å². The molecule has 0 N–H and O–H groups in total. The molecule has 1 aliphatic heterocycles. The second kappa shape index (κ2) is 5.78. The zero-order chi connectivity index (χ0) is 13.8. The highest BCUT2D eigenvalue weighted by Crippen LogP contribution is 2.29. The smallest absolute Gasteiger partial charge is 0.309 e. The van der Waals surface area contributed by atoms with Gasteiger partial charge in [0.25, 0.3) is 0 Å². The molecule has 0 aromatic heterocycles. The number of para-hydroxylation sites is 1. The fourth-order valence-electron chi connectivity index (χ4n) is 2.35. The monoisotopic (exact) mass is 268 g/mol. The second-order valence-electron chi connectivity index (χ2n) is 4.90. The van der Waals surface area contributed by atoms with Gasteiger partial charge in [-0.25, -0.2) is 0 Å². The van der Waals surface area contributed by atoms with Crippen molar-refractivity contribution in [3.05, 3.63) is 65.7 Å². The highest BCUT2D eigenvalue weighted by Gasteiger charge is 2.25. The molecule has 0 saturated carbocycles. The Kier molecular flexibility index (Phi) is 3.68. The minimum atomic E-state index is -0.216. The van der Waals surface area contributed by atoms with Crippen molar-refractivity contribution < 1.29 is 14.3 Å². The van der Waals surface area contributed by atoms with Gasteiger partial charge in [0.15, 0.2) is 0 Å². The molecule has 0 fully saturated rings. The lowest BCUT2D eigenvalue weighted by Crippen LogP contribution is -2.19. The molecule has 2 aromatic carbocycles. The molecule has 0 spiro atoms. The van der Waals surface area contributed by atoms with Crippen LogP contribution in [0, 0.1) is 0 Å². The van der Waals surface area contributed by atoms with E-state index in [2.05, 4.69) is 0 Å². The van der Waals surface area contributed by atoms with Crippen LogP contribution in [0.25, 0.3) is 0 Å². The zero-order valence-corrected chi connectivity index (χ0v) is 11.1. The molecular formula is C17H16O3. The number of ether oxygens (including phenoxy) is 2. The van der Waals surface area contributed by atoms with E-state index in [1.807, 2.05) is 54.6 Å². The SMILES string of the molecule is O=C(CC1Cc2ccccc2O1)OCc1ccccc1. The van der Waals surface area contributed by atoms with E-state index in [-0.39, 0.29) is 12.1 Å². The first kappa shape index (κ1) is 12.7. The number of esters is 1. The van der Waals surface area contributed by atoms with Crippen LogP contribution >= 0.6 is 0 Å². The zero-order valence-electron chi connectivity index (χ0n) is 11.1. The normalized spacial score (nSPS) is 16.3. The van der Waals surface area contributed by atoms with E-state index in [1.54, 1.807) is 0 Å². The van der Waals surface area contributed by atoms with Gasteiger partial charge in [-0.15, -0.1) is 0 Å². The highest BCUT2D eigenvalue weighted by atomic mass is 16.5. The standard InChI is InChI=1S/C17H16O3/c18-17(19-12-13-6-2-1-3-7-13)11-15-10-14-8-4-5-9-16(14)20-15/h1-9,15H,10-12H2. The maximum Gasteiger partial charge on any atom is 0.309 e. The van der Waals surface area contributed by atoms with Gasteiger partial charge in [0.1, 0.15) is 18.5 Å². The number of hydrogen-bond donors (Lipinski definition) is 0. The summed E-state index contributed by atoms with van der Waals surface area (Å²) in [7, 11) is 0. The van der Waals surface area contributed by atoms with E-state index in [0.29, 0.717) is 13.0 Å². The van der Waals surface area contributed by atoms with E-state index in [1.165, 1.54) is 0 Å². The maximum atomic E-state index is 11.8. The Morgan fingerprint density at radius 2 is 1.85 bits per heavy atom. The lowest BCUT2D eigenvalue weighted by atomic mass is 10.1. The van der Waals surface area contributed by atoms with Gasteiger partial charge >= 0.3 is 5.97 Å². The Hall–Kier alpha value is -2.29. The van der Waals surface area contributed by atoms with E-state index in [4.69, 9.17) is 9.47 Å². The Bertz CT molecular complexity index is 567. The summed E-state index contributed by atoms with van der Waals surface area (Å²) in [6.07, 6.45) is 0.966. The molecular weight excluding hydrogens is 252 g/mol. The van der Waals surface area contributed by atoms with E-state index < -0.39 is 0 Å². The van der Waals surface area contributed by atoms with Crippen LogP contribution in [-0.2, 0) is 22.6 Å². The first-order valence-corrected chi connectivity index (χ1v) is 6.75. The average Bonchev–Trinajstić information content (AvgIpc) is 2.88. The van der Waals surface area contributed by atoms with Crippen molar-refractivity contribution in [1.29, 1.82) is 0 Å². The molecule has 1 unspecified atom stereocenters. The average molecular weight is 268 g/mol. The van der Waals surface area contributed by atoms with Gasteiger partial charge in [0.05, 0.1) is 6.42 Å². The third-order valence-electron chi connectivity index (χ3n) is 3.35. The molecule has 102 valence electrons. The summed E-state index contributed by atoms with van der Waals surface area (Å²) in [5, 5.41) is 0. The summed E-state index contributed by atoms with van der Waals surface area (Å²) >= 11 is 0. The van der Waals surface area contributed by atoms with Gasteiger partial charge in [-0.05, 0) is 17.2 Å². The first-order valence-electron chi connectivity index (χ1n) is 6.75. The second-order valence-corrected chi connectivity index (χ2v) is 4.90. The number of hydrogen-bond acceptors (Lipinski definition) is 3. The summed E-state index contributed by atoms with van der Waals surface area (Å²) < 4.78 is 11.0. The Morgan fingerprint density at radius 3 is 2.65 bits per heavy atom. The van der Waals surface area contributed by atoms with Crippen molar-refractivity contribution in [2.24, 2.45) is 0 Å². The topological polar surface area (TPSA) is 35.5 Å². The fourth-order valence-corrected chi connectivity index (χ4v) is 2.35. The molecule has 1 atom stereocenters. The van der Waals surface area contributed by atoms with Crippen LogP contribution in [0.5, 0.6) is 5.75 Å². The number of rotatable bonds is 4. The number of carbonyl (C=O) groups excluding carboxylic acids is 1. The quantitative estimate of drug-likeness (QED) is 0.799. The molecule has 0 saturated heterocycles. The van der Waals surface area contributed by atoms with Gasteiger partial charge < -0.3 is 9.47 Å². The maximum absolute atomic E-state index is 11.8. The number of benzene rings is 2. The van der Waals surface area contributed by atoms with Gasteiger partial charge in [-0.3, -0.25) is 4.79 Å². The largest absolute Gasteiger partial charge is 0.489 e. The van der Waals surface area contributed by atoms with Crippen molar-refractivity contribution in [1.82, 2.24) is 0 Å². The molecule has 3 heteroatoms. The molecule has 0 radical (unpaired) electrons. The lowest BCUT2D eigenvalue weighted by molar-refractivity contribution is -0.146. The molecule has 3 nitrogen and oxygen atoms in total. The van der Waals surface area contributed by atoms with E-state index in [0.717, 1.165) is 23.3 Å². The molecule has 0 aliphatic carbocycles. The Morgan fingerprint density at radius 1 is 1.10 bits per heavy atom. The van der Waals surface area contributed by atoms with Crippen molar-refractivity contribution in [2.45, 2.75) is 25.6 Å². The fraction of sp³-hybridized carbons (Fsp3) is 0.235. The van der Waals surface area contributed by atoms with Crippen LogP contribution in [-0.4, -0.2) is 12.1 Å². The number of fused-ring (bicyclic) bond motifs is 1. The molecule has 3 rings (SSSR count). The molecule has 0 amide bonds. The summed E-state index contributed by atoms with van der Waals surface area (Å²) in [5.74, 6) is 0.667. The third kappa shape index (κ3) is 2.99. The third-order valence-corrected chi connectivity index (χ3v) is 3.35. The van der Waals surface area contributed by atoms with Crippen LogP contribution in [0.15, 0.2) is 54.6 Å². The minimum absolute atomic E-state index is 0.101. The predicted octanol–water partition coefficient (Wildman–Crippen LogP) is 3.12. The summed E-state index contributed by atoms with van der Waals surface area (Å²) in [6, 6.07) is 17.6. The highest BCUT2D eigenvalue weighted by molar-refractivity contribution is 5.70. The van der Waals surface area contributed by atoms with Crippen molar-refractivity contribution in [3.8, 4) is 5.75 Å². The van der Waals surface area contributed by atoms with Crippen LogP contribution in [0.4, 0.5) is 0 Å². The Labute approximate surface area is 118 Å². The number of carbonyl (C=O) groups is 1. The molecule has 20 heavy (non-hydrogen) atoms.